The Hall–Kier alpha value is -4.28. The SMILES string of the molecule is CC=C(CCO)C(=O)OC1(C)C(CO)C=C2CSSC3CC4C(=O)C=CC5C(C4NC)C3N5C(=O)CC3=C(C=C(N)NC3)C2C12Cc1cc3ccc(=O)oc3cc1O2. The van der Waals surface area contributed by atoms with Crippen molar-refractivity contribution in [3.8, 4) is 5.75 Å². The van der Waals surface area contributed by atoms with Gasteiger partial charge in [-0.1, -0.05) is 45.4 Å². The Bertz CT molecular complexity index is 2320. The molecule has 2 bridgehead atoms. The number of hydrogen-bond acceptors (Lipinski definition) is 14. The first-order valence-electron chi connectivity index (χ1n) is 19.9. The molecule has 1 saturated carbocycles. The fraction of sp³-hybridized carbons (Fsp3) is 0.488. The molecule has 13 nitrogen and oxygen atoms in total. The minimum atomic E-state index is -1.53. The number of nitrogens with one attached hydrogen (secondary N) is 2. The van der Waals surface area contributed by atoms with Gasteiger partial charge < -0.3 is 45.4 Å². The number of esters is 1. The number of aliphatic hydroxyl groups excluding tert-OH is 2. The van der Waals surface area contributed by atoms with Crippen LogP contribution in [0.15, 0.2) is 92.0 Å². The standard InChI is InChI=1S/C43H48N4O9S2/c1-4-21(9-10-48)41(53)56-42(2)26(19-49)12-25-20-57-58-33-14-28-30(50)7-6-29-37(39(28)45-3)40(33)47(29)35(51)13-24-18-46-34(44)15-27(24)38(25)43(42)17-23-11-22-5-8-36(52)54-31(22)16-32(23)55-43/h4-8,11-12,15-16,26,28-29,33,37-40,45-46,48-49H,9-10,13-14,17-20,44H2,1-3H3. The molecule has 1 aromatic heterocycles. The van der Waals surface area contributed by atoms with Crippen LogP contribution in [-0.4, -0.2) is 99.9 Å². The van der Waals surface area contributed by atoms with Gasteiger partial charge in [0.15, 0.2) is 17.0 Å². The van der Waals surface area contributed by atoms with E-state index in [-0.39, 0.29) is 91.5 Å². The van der Waals surface area contributed by atoms with E-state index in [0.29, 0.717) is 34.7 Å². The lowest BCUT2D eigenvalue weighted by Gasteiger charge is -2.62. The minimum absolute atomic E-state index is 0.00199. The second-order valence-electron chi connectivity index (χ2n) is 16.5. The quantitative estimate of drug-likeness (QED) is 0.0938. The van der Waals surface area contributed by atoms with Gasteiger partial charge >= 0.3 is 11.6 Å². The molecule has 2 aromatic rings. The van der Waals surface area contributed by atoms with Crippen LogP contribution in [0.3, 0.4) is 0 Å². The van der Waals surface area contributed by atoms with Crippen molar-refractivity contribution in [2.45, 2.75) is 74.1 Å². The third-order valence-electron chi connectivity index (χ3n) is 13.7. The van der Waals surface area contributed by atoms with Crippen LogP contribution in [0.2, 0.25) is 0 Å². The van der Waals surface area contributed by atoms with Gasteiger partial charge in [-0.15, -0.1) is 0 Å². The van der Waals surface area contributed by atoms with Gasteiger partial charge in [0.25, 0.3) is 0 Å². The normalized spacial score (nSPS) is 35.3. The van der Waals surface area contributed by atoms with E-state index >= 15 is 0 Å². The van der Waals surface area contributed by atoms with Gasteiger partial charge in [0.2, 0.25) is 5.91 Å². The molecule has 9 rings (SSSR count). The molecule has 306 valence electrons. The molecule has 4 aliphatic heterocycles. The Morgan fingerprint density at radius 3 is 2.81 bits per heavy atom. The number of fused-ring (bicyclic) bond motifs is 7. The van der Waals surface area contributed by atoms with Crippen LogP contribution in [0.5, 0.6) is 5.75 Å². The van der Waals surface area contributed by atoms with E-state index in [1.54, 1.807) is 59.7 Å². The predicted octanol–water partition coefficient (Wildman–Crippen LogP) is 3.06. The molecule has 10 unspecified atom stereocenters. The van der Waals surface area contributed by atoms with Crippen LogP contribution in [0, 0.1) is 23.7 Å². The van der Waals surface area contributed by atoms with E-state index in [1.807, 2.05) is 36.2 Å². The summed E-state index contributed by atoms with van der Waals surface area (Å²) in [6, 6.07) is 6.36. The first-order valence-corrected chi connectivity index (χ1v) is 22.3. The summed E-state index contributed by atoms with van der Waals surface area (Å²) in [7, 11) is 5.26. The Morgan fingerprint density at radius 2 is 2.05 bits per heavy atom. The zero-order valence-electron chi connectivity index (χ0n) is 32.6. The van der Waals surface area contributed by atoms with E-state index in [1.165, 1.54) is 6.07 Å². The maximum atomic E-state index is 14.8. The van der Waals surface area contributed by atoms with Gasteiger partial charge in [0.1, 0.15) is 11.3 Å². The van der Waals surface area contributed by atoms with E-state index < -0.39 is 34.6 Å². The van der Waals surface area contributed by atoms with Crippen molar-refractivity contribution in [2.24, 2.45) is 29.4 Å². The summed E-state index contributed by atoms with van der Waals surface area (Å²) in [5, 5.41) is 28.5. The molecule has 1 amide bonds. The van der Waals surface area contributed by atoms with Crippen molar-refractivity contribution >= 4 is 50.2 Å². The van der Waals surface area contributed by atoms with Crippen molar-refractivity contribution in [1.82, 2.24) is 15.5 Å². The number of ketones is 1. The average molecular weight is 829 g/mol. The molecule has 0 radical (unpaired) electrons. The van der Waals surface area contributed by atoms with E-state index in [4.69, 9.17) is 19.6 Å². The summed E-state index contributed by atoms with van der Waals surface area (Å²) in [5.74, 6) is -0.739. The number of ether oxygens (including phenoxy) is 2. The molecule has 2 fully saturated rings. The Balaban J connectivity index is 1.23. The highest BCUT2D eigenvalue weighted by Crippen LogP contribution is 2.60. The molecule has 1 aromatic carbocycles. The second kappa shape index (κ2) is 14.8. The van der Waals surface area contributed by atoms with Gasteiger partial charge in [-0.2, -0.15) is 0 Å². The molecule has 10 atom stereocenters. The molecular weight excluding hydrogens is 781 g/mol. The summed E-state index contributed by atoms with van der Waals surface area (Å²) in [4.78, 5) is 56.8. The van der Waals surface area contributed by atoms with Crippen LogP contribution in [0.25, 0.3) is 11.0 Å². The summed E-state index contributed by atoms with van der Waals surface area (Å²) < 4.78 is 19.5. The van der Waals surface area contributed by atoms with Crippen molar-refractivity contribution in [3.63, 3.8) is 0 Å². The maximum Gasteiger partial charge on any atom is 0.336 e. The van der Waals surface area contributed by atoms with Crippen LogP contribution in [0.1, 0.15) is 38.7 Å². The molecule has 1 saturated heterocycles. The number of dihydropyridines is 1. The fourth-order valence-electron chi connectivity index (χ4n) is 11.0. The molecule has 1 spiro atoms. The van der Waals surface area contributed by atoms with Gasteiger partial charge in [-0.05, 0) is 68.3 Å². The Morgan fingerprint density at radius 1 is 1.22 bits per heavy atom. The summed E-state index contributed by atoms with van der Waals surface area (Å²) in [6.07, 6.45) is 10.1. The first kappa shape index (κ1) is 39.2. The van der Waals surface area contributed by atoms with Crippen LogP contribution < -0.4 is 26.7 Å². The number of benzene rings is 1. The van der Waals surface area contributed by atoms with Crippen LogP contribution >= 0.6 is 21.6 Å². The first-order chi connectivity index (χ1) is 27.9. The molecule has 15 heteroatoms. The lowest BCUT2D eigenvalue weighted by Crippen LogP contribution is -2.75. The van der Waals surface area contributed by atoms with Gasteiger partial charge in [0.05, 0.1) is 36.9 Å². The highest BCUT2D eigenvalue weighted by Gasteiger charge is 2.68. The van der Waals surface area contributed by atoms with Crippen molar-refractivity contribution in [2.75, 3.05) is 32.6 Å². The smallest absolute Gasteiger partial charge is 0.336 e. The third-order valence-corrected chi connectivity index (χ3v) is 16.6. The van der Waals surface area contributed by atoms with Gasteiger partial charge in [0, 0.05) is 83.9 Å². The monoisotopic (exact) mass is 828 g/mol. The zero-order chi connectivity index (χ0) is 40.7. The number of allylic oxidation sites excluding steroid dienone is 3. The molecular formula is C43H48N4O9S2. The molecule has 6 N–H and O–H groups in total. The Kier molecular flexibility index (Phi) is 9.98. The maximum absolute atomic E-state index is 14.8. The van der Waals surface area contributed by atoms with Crippen LogP contribution in [-0.2, 0) is 25.5 Å². The number of carbonyl (C=O) groups excluding carboxylic acids is 3. The van der Waals surface area contributed by atoms with E-state index in [9.17, 15) is 29.4 Å². The number of hydrogen-bond donors (Lipinski definition) is 5. The molecule has 58 heavy (non-hydrogen) atoms. The van der Waals surface area contributed by atoms with E-state index in [0.717, 1.165) is 22.3 Å². The Labute approximate surface area is 343 Å². The zero-order valence-corrected chi connectivity index (χ0v) is 34.2. The molecule has 3 aliphatic carbocycles. The minimum Gasteiger partial charge on any atom is -0.481 e. The number of rotatable bonds is 6. The lowest BCUT2D eigenvalue weighted by atomic mass is 9.57. The average Bonchev–Trinajstić information content (AvgIpc) is 3.56. The summed E-state index contributed by atoms with van der Waals surface area (Å²) in [5.41, 5.74) is 7.05. The largest absolute Gasteiger partial charge is 0.481 e. The number of nitrogens with two attached hydrogens (primary N) is 1. The van der Waals surface area contributed by atoms with Crippen LogP contribution in [0.4, 0.5) is 0 Å². The third kappa shape index (κ3) is 5.94. The fourth-order valence-corrected chi connectivity index (χ4v) is 14.1. The topological polar surface area (TPSA) is 194 Å². The van der Waals surface area contributed by atoms with Crippen molar-refractivity contribution < 1.29 is 38.5 Å². The summed E-state index contributed by atoms with van der Waals surface area (Å²) in [6.45, 7) is 3.16. The highest BCUT2D eigenvalue weighted by atomic mass is 33.1. The van der Waals surface area contributed by atoms with E-state index in [2.05, 4.69) is 10.6 Å². The lowest BCUT2D eigenvalue weighted by molar-refractivity contribution is -0.202. The number of nitrogens with zero attached hydrogens (tertiary/aromatic N) is 1. The number of amides is 1. The van der Waals surface area contributed by atoms with Crippen molar-refractivity contribution in [1.29, 1.82) is 0 Å². The van der Waals surface area contributed by atoms with Gasteiger partial charge in [-0.25, -0.2) is 9.59 Å². The second-order valence-corrected chi connectivity index (χ2v) is 19.1. The highest BCUT2D eigenvalue weighted by molar-refractivity contribution is 8.77. The number of aliphatic hydroxyl groups is 2. The number of carbonyl (C=O) groups is 3. The van der Waals surface area contributed by atoms with Crippen molar-refractivity contribution in [3.05, 3.63) is 98.7 Å². The molecule has 5 heterocycles. The predicted molar refractivity (Wildman–Crippen MR) is 220 cm³/mol. The summed E-state index contributed by atoms with van der Waals surface area (Å²) >= 11 is 0. The van der Waals surface area contributed by atoms with Gasteiger partial charge in [-0.3, -0.25) is 9.59 Å². The molecule has 7 aliphatic rings.